The number of benzene rings is 1. The molecule has 0 spiro atoms. The van der Waals surface area contributed by atoms with Crippen LogP contribution in [0.15, 0.2) is 18.2 Å². The average molecular weight is 179 g/mol. The third kappa shape index (κ3) is 3.45. The zero-order chi connectivity index (χ0) is 7.56. The predicted octanol–water partition coefficient (Wildman–Crippen LogP) is -1.02. The van der Waals surface area contributed by atoms with Gasteiger partial charge in [-0.3, -0.25) is 0 Å². The fourth-order valence-corrected chi connectivity index (χ4v) is 1.50. The molecule has 0 aliphatic rings. The Bertz CT molecular complexity index is 213. The fraction of sp³-hybridized carbons (Fsp3) is 0.333. The van der Waals surface area contributed by atoms with E-state index in [0.717, 1.165) is 0 Å². The molecular weight excluding hydrogens is 168 g/mol. The van der Waals surface area contributed by atoms with E-state index in [0.29, 0.717) is 0 Å². The molecule has 1 aromatic rings. The summed E-state index contributed by atoms with van der Waals surface area (Å²) < 4.78 is 1.17. The summed E-state index contributed by atoms with van der Waals surface area (Å²) in [4.78, 5) is 0. The smallest absolute Gasteiger partial charge is 1.00 e. The standard InChI is InChI=1S/C9H11.ClH.Mg/c1-7-4-8(2)6-9(3)5-7;;/h4-6H,1H2,2-3H3;1H;/q;;+1/p-1. The van der Waals surface area contributed by atoms with Crippen molar-refractivity contribution in [3.8, 4) is 0 Å². The molecular formula is C9H11ClMg. The summed E-state index contributed by atoms with van der Waals surface area (Å²) in [5, 5.41) is 0. The first-order valence-electron chi connectivity index (χ1n) is 3.59. The van der Waals surface area contributed by atoms with Crippen molar-refractivity contribution in [3.63, 3.8) is 0 Å². The van der Waals surface area contributed by atoms with Gasteiger partial charge >= 0.3 is 75.0 Å². The Kier molecular flexibility index (Phi) is 5.14. The van der Waals surface area contributed by atoms with Crippen molar-refractivity contribution in [3.05, 3.63) is 34.9 Å². The first-order chi connectivity index (χ1) is 4.72. The van der Waals surface area contributed by atoms with Crippen molar-refractivity contribution in [1.29, 1.82) is 0 Å². The van der Waals surface area contributed by atoms with Crippen LogP contribution in [0.5, 0.6) is 0 Å². The van der Waals surface area contributed by atoms with Crippen LogP contribution in [0.1, 0.15) is 16.7 Å². The summed E-state index contributed by atoms with van der Waals surface area (Å²) in [6.45, 7) is 4.30. The van der Waals surface area contributed by atoms with Crippen LogP contribution < -0.4 is 12.4 Å². The Morgan fingerprint density at radius 1 is 1.09 bits per heavy atom. The monoisotopic (exact) mass is 178 g/mol. The van der Waals surface area contributed by atoms with Crippen LogP contribution in [-0.2, 0) is 4.55 Å². The molecule has 0 fully saturated rings. The molecule has 0 heterocycles. The van der Waals surface area contributed by atoms with Gasteiger partial charge in [-0.15, -0.1) is 0 Å². The Morgan fingerprint density at radius 2 is 1.55 bits per heavy atom. The van der Waals surface area contributed by atoms with Gasteiger partial charge in [0.1, 0.15) is 0 Å². The molecule has 0 atom stereocenters. The maximum absolute atomic E-state index is 2.25. The van der Waals surface area contributed by atoms with Gasteiger partial charge in [-0.25, -0.2) is 0 Å². The molecule has 1 aromatic carbocycles. The molecule has 0 N–H and O–H groups in total. The normalized spacial score (nSPS) is 9.09. The van der Waals surface area contributed by atoms with Gasteiger partial charge in [0.2, 0.25) is 0 Å². The number of aryl methyl sites for hydroxylation is 2. The summed E-state index contributed by atoms with van der Waals surface area (Å²) in [6, 6.07) is 6.71. The van der Waals surface area contributed by atoms with Crippen molar-refractivity contribution in [2.75, 3.05) is 0 Å². The van der Waals surface area contributed by atoms with E-state index in [1.165, 1.54) is 21.2 Å². The van der Waals surface area contributed by atoms with E-state index in [4.69, 9.17) is 0 Å². The van der Waals surface area contributed by atoms with Gasteiger partial charge in [0.05, 0.1) is 0 Å². The summed E-state index contributed by atoms with van der Waals surface area (Å²) in [6.07, 6.45) is 0. The van der Waals surface area contributed by atoms with Crippen LogP contribution in [0.4, 0.5) is 0 Å². The predicted molar refractivity (Wildman–Crippen MR) is 45.4 cm³/mol. The van der Waals surface area contributed by atoms with E-state index in [-0.39, 0.29) is 12.4 Å². The van der Waals surface area contributed by atoms with E-state index >= 15 is 0 Å². The molecule has 11 heavy (non-hydrogen) atoms. The minimum absolute atomic E-state index is 0. The number of halogens is 1. The molecule has 0 aromatic heterocycles. The van der Waals surface area contributed by atoms with Crippen molar-refractivity contribution < 1.29 is 12.4 Å². The second-order valence-corrected chi connectivity index (χ2v) is 3.25. The van der Waals surface area contributed by atoms with E-state index in [1.807, 2.05) is 21.7 Å². The summed E-state index contributed by atoms with van der Waals surface area (Å²) in [7, 11) is 0. The van der Waals surface area contributed by atoms with Gasteiger partial charge in [0, 0.05) is 0 Å². The summed E-state index contributed by atoms with van der Waals surface area (Å²) in [5.41, 5.74) is 4.21. The van der Waals surface area contributed by atoms with Gasteiger partial charge in [-0.05, 0) is 0 Å². The maximum atomic E-state index is 2.25. The van der Waals surface area contributed by atoms with E-state index in [1.54, 1.807) is 0 Å². The van der Waals surface area contributed by atoms with Crippen LogP contribution in [0.2, 0.25) is 0 Å². The molecule has 2 heteroatoms. The topological polar surface area (TPSA) is 0 Å². The first-order valence-corrected chi connectivity index (χ1v) is 4.59. The quantitative estimate of drug-likeness (QED) is 0.484. The molecule has 0 radical (unpaired) electrons. The first kappa shape index (κ1) is 11.3. The van der Waals surface area contributed by atoms with Gasteiger partial charge < -0.3 is 12.4 Å². The third-order valence-electron chi connectivity index (χ3n) is 1.57. The van der Waals surface area contributed by atoms with Gasteiger partial charge in [-0.2, -0.15) is 0 Å². The molecule has 1 rings (SSSR count). The number of hydrogen-bond donors (Lipinski definition) is 0. The SMILES string of the molecule is Cc1cc(C)cc([CH2][Mg+])c1.[Cl-]. The van der Waals surface area contributed by atoms with E-state index in [2.05, 4.69) is 32.0 Å². The summed E-state index contributed by atoms with van der Waals surface area (Å²) >= 11 is 2.01. The Labute approximate surface area is 87.2 Å². The minimum Gasteiger partial charge on any atom is -1.00 e. The fourth-order valence-electron chi connectivity index (χ4n) is 1.21. The van der Waals surface area contributed by atoms with Crippen LogP contribution in [0.3, 0.4) is 0 Å². The van der Waals surface area contributed by atoms with Gasteiger partial charge in [0.25, 0.3) is 0 Å². The van der Waals surface area contributed by atoms with Crippen molar-refractivity contribution in [2.24, 2.45) is 0 Å². The molecule has 0 nitrogen and oxygen atoms in total. The van der Waals surface area contributed by atoms with Crippen molar-refractivity contribution in [2.45, 2.75) is 18.4 Å². The Balaban J connectivity index is 0.000001000. The number of hydrogen-bond acceptors (Lipinski definition) is 0. The molecule has 0 aliphatic carbocycles. The van der Waals surface area contributed by atoms with Crippen LogP contribution in [0, 0.1) is 13.8 Å². The average Bonchev–Trinajstić information content (AvgIpc) is 1.85. The number of rotatable bonds is 1. The molecule has 0 unspecified atom stereocenters. The minimum atomic E-state index is 0. The van der Waals surface area contributed by atoms with Crippen LogP contribution in [0.25, 0.3) is 0 Å². The molecule has 0 amide bonds. The van der Waals surface area contributed by atoms with Crippen molar-refractivity contribution >= 4 is 21.7 Å². The zero-order valence-electron chi connectivity index (χ0n) is 7.02. The Morgan fingerprint density at radius 3 is 1.91 bits per heavy atom. The molecule has 56 valence electrons. The van der Waals surface area contributed by atoms with Gasteiger partial charge in [0.15, 0.2) is 0 Å². The van der Waals surface area contributed by atoms with Crippen LogP contribution in [-0.4, -0.2) is 21.7 Å². The second-order valence-electron chi connectivity index (χ2n) is 2.75. The molecule has 0 bridgehead atoms. The van der Waals surface area contributed by atoms with E-state index < -0.39 is 0 Å². The Hall–Kier alpha value is 0.276. The zero-order valence-corrected chi connectivity index (χ0v) is 9.19. The maximum Gasteiger partial charge on any atom is -1.00 e. The van der Waals surface area contributed by atoms with E-state index in [9.17, 15) is 0 Å². The van der Waals surface area contributed by atoms with Crippen molar-refractivity contribution in [1.82, 2.24) is 0 Å². The molecule has 0 aliphatic heterocycles. The second kappa shape index (κ2) is 5.02. The summed E-state index contributed by atoms with van der Waals surface area (Å²) in [5.74, 6) is 0. The molecule has 0 saturated carbocycles. The molecule has 0 saturated heterocycles. The van der Waals surface area contributed by atoms with Crippen LogP contribution >= 0.6 is 0 Å². The third-order valence-corrected chi connectivity index (χ3v) is 2.15. The largest absolute Gasteiger partial charge is 1.00 e. The van der Waals surface area contributed by atoms with Gasteiger partial charge in [-0.1, -0.05) is 0 Å².